The van der Waals surface area contributed by atoms with E-state index in [1.165, 1.54) is 5.56 Å². The second-order valence-corrected chi connectivity index (χ2v) is 7.98. The predicted molar refractivity (Wildman–Crippen MR) is 116 cm³/mol. The molecule has 0 spiro atoms. The van der Waals surface area contributed by atoms with Crippen molar-refractivity contribution in [1.82, 2.24) is 20.4 Å². The van der Waals surface area contributed by atoms with Crippen LogP contribution in [-0.2, 0) is 6.54 Å². The van der Waals surface area contributed by atoms with Gasteiger partial charge in [-0.15, -0.1) is 0 Å². The molecule has 1 N–H and O–H groups in total. The second-order valence-electron chi connectivity index (χ2n) is 7.98. The van der Waals surface area contributed by atoms with E-state index in [9.17, 15) is 4.79 Å². The van der Waals surface area contributed by atoms with Gasteiger partial charge in [0.2, 0.25) is 5.82 Å². The van der Waals surface area contributed by atoms with Crippen LogP contribution in [0.3, 0.4) is 0 Å². The molecule has 0 bridgehead atoms. The molecule has 158 valence electrons. The van der Waals surface area contributed by atoms with Gasteiger partial charge < -0.3 is 14.3 Å². The van der Waals surface area contributed by atoms with E-state index in [4.69, 9.17) is 8.94 Å². The van der Waals surface area contributed by atoms with Gasteiger partial charge in [-0.05, 0) is 31.4 Å². The Kier molecular flexibility index (Phi) is 5.26. The molecule has 0 unspecified atom stereocenters. The number of rotatable bonds is 5. The predicted octanol–water partition coefficient (Wildman–Crippen LogP) is 4.19. The minimum Gasteiger partial charge on any atom is -0.452 e. The van der Waals surface area contributed by atoms with Crippen molar-refractivity contribution in [1.29, 1.82) is 0 Å². The first-order chi connectivity index (χ1) is 15.2. The molecule has 4 aromatic rings. The number of nitrogens with one attached hydrogen (secondary N) is 1. The van der Waals surface area contributed by atoms with Crippen LogP contribution in [0.4, 0.5) is 0 Å². The van der Waals surface area contributed by atoms with E-state index in [0.29, 0.717) is 5.76 Å². The summed E-state index contributed by atoms with van der Waals surface area (Å²) >= 11 is 0. The molecule has 3 heterocycles. The zero-order valence-electron chi connectivity index (χ0n) is 17.4. The summed E-state index contributed by atoms with van der Waals surface area (Å²) in [6.07, 6.45) is 1.78. The molecular weight excluding hydrogens is 392 g/mol. The number of fused-ring (bicyclic) bond motifs is 1. The van der Waals surface area contributed by atoms with E-state index in [2.05, 4.69) is 44.6 Å². The summed E-state index contributed by atoms with van der Waals surface area (Å²) in [7, 11) is 0. The highest BCUT2D eigenvalue weighted by atomic mass is 16.5. The highest BCUT2D eigenvalue weighted by Crippen LogP contribution is 2.31. The number of furan rings is 1. The Bertz CT molecular complexity index is 1190. The van der Waals surface area contributed by atoms with Gasteiger partial charge in [-0.1, -0.05) is 53.7 Å². The Balaban J connectivity index is 1.20. The number of nitrogens with zero attached hydrogens (tertiary/aromatic N) is 3. The van der Waals surface area contributed by atoms with Crippen molar-refractivity contribution in [2.45, 2.75) is 32.4 Å². The number of carbonyl (C=O) groups excluding carboxylic acids is 1. The molecule has 1 amide bonds. The molecule has 1 aliphatic rings. The number of benzene rings is 2. The Morgan fingerprint density at radius 3 is 2.61 bits per heavy atom. The first-order valence-corrected chi connectivity index (χ1v) is 10.6. The Hall–Kier alpha value is -3.45. The van der Waals surface area contributed by atoms with Crippen molar-refractivity contribution in [3.8, 4) is 11.6 Å². The molecule has 0 saturated carbocycles. The molecule has 7 nitrogen and oxygen atoms in total. The van der Waals surface area contributed by atoms with Gasteiger partial charge in [0.1, 0.15) is 5.58 Å². The minimum absolute atomic E-state index is 0.0402. The van der Waals surface area contributed by atoms with Gasteiger partial charge in [-0.3, -0.25) is 9.69 Å². The second kappa shape index (κ2) is 8.35. The Labute approximate surface area is 180 Å². The van der Waals surface area contributed by atoms with Gasteiger partial charge in [0.05, 0.1) is 0 Å². The summed E-state index contributed by atoms with van der Waals surface area (Å²) in [4.78, 5) is 19.3. The van der Waals surface area contributed by atoms with Gasteiger partial charge >= 0.3 is 11.8 Å². The lowest BCUT2D eigenvalue weighted by atomic mass is 10.0. The lowest BCUT2D eigenvalue weighted by molar-refractivity contribution is 0.0865. The van der Waals surface area contributed by atoms with Gasteiger partial charge in [0.25, 0.3) is 0 Å². The molecule has 0 atom stereocenters. The summed E-state index contributed by atoms with van der Waals surface area (Å²) in [5.74, 6) is 0.436. The van der Waals surface area contributed by atoms with Gasteiger partial charge in [0, 0.05) is 36.6 Å². The standard InChI is InChI=1S/C24H24N4O3/c1-16-19-9-5-6-10-20(19)30-21(16)22-26-24(31-27-22)23(29)25-18-11-13-28(14-12-18)15-17-7-3-2-4-8-17/h2-10,18H,11-15H2,1H3,(H,25,29). The Morgan fingerprint density at radius 2 is 1.84 bits per heavy atom. The van der Waals surface area contributed by atoms with E-state index in [1.807, 2.05) is 37.3 Å². The van der Waals surface area contributed by atoms with Crippen LogP contribution in [0, 0.1) is 6.92 Å². The number of piperidine rings is 1. The molecule has 31 heavy (non-hydrogen) atoms. The number of aromatic nitrogens is 2. The molecule has 1 fully saturated rings. The number of hydrogen-bond donors (Lipinski definition) is 1. The van der Waals surface area contributed by atoms with Gasteiger partial charge in [0.15, 0.2) is 5.76 Å². The van der Waals surface area contributed by atoms with Crippen LogP contribution in [0.25, 0.3) is 22.6 Å². The fourth-order valence-electron chi connectivity index (χ4n) is 4.12. The molecule has 0 radical (unpaired) electrons. The van der Waals surface area contributed by atoms with Crippen LogP contribution >= 0.6 is 0 Å². The Morgan fingerprint density at radius 1 is 1.10 bits per heavy atom. The lowest BCUT2D eigenvalue weighted by Crippen LogP contribution is -2.44. The lowest BCUT2D eigenvalue weighted by Gasteiger charge is -2.32. The summed E-state index contributed by atoms with van der Waals surface area (Å²) in [5, 5.41) is 8.00. The molecule has 1 aliphatic heterocycles. The highest BCUT2D eigenvalue weighted by molar-refractivity contribution is 5.91. The number of amides is 1. The van der Waals surface area contributed by atoms with Gasteiger partial charge in [-0.25, -0.2) is 0 Å². The quantitative estimate of drug-likeness (QED) is 0.525. The minimum atomic E-state index is -0.339. The third kappa shape index (κ3) is 4.09. The number of likely N-dealkylation sites (tertiary alicyclic amines) is 1. The highest BCUT2D eigenvalue weighted by Gasteiger charge is 2.25. The zero-order chi connectivity index (χ0) is 21.2. The summed E-state index contributed by atoms with van der Waals surface area (Å²) < 4.78 is 11.1. The molecule has 1 saturated heterocycles. The monoisotopic (exact) mass is 416 g/mol. The molecule has 0 aliphatic carbocycles. The average molecular weight is 416 g/mol. The third-order valence-corrected chi connectivity index (χ3v) is 5.84. The normalized spacial score (nSPS) is 15.4. The van der Waals surface area contributed by atoms with Crippen LogP contribution < -0.4 is 5.32 Å². The maximum atomic E-state index is 12.6. The zero-order valence-corrected chi connectivity index (χ0v) is 17.4. The van der Waals surface area contributed by atoms with Crippen molar-refractivity contribution >= 4 is 16.9 Å². The van der Waals surface area contributed by atoms with E-state index in [-0.39, 0.29) is 23.7 Å². The summed E-state index contributed by atoms with van der Waals surface area (Å²) in [5.41, 5.74) is 2.99. The van der Waals surface area contributed by atoms with E-state index in [0.717, 1.165) is 49.0 Å². The SMILES string of the molecule is Cc1c(-c2noc(C(=O)NC3CCN(Cc4ccccc4)CC3)n2)oc2ccccc12. The van der Waals surface area contributed by atoms with Crippen LogP contribution in [0.1, 0.15) is 34.7 Å². The fraction of sp³-hybridized carbons (Fsp3) is 0.292. The number of hydrogen-bond acceptors (Lipinski definition) is 6. The maximum absolute atomic E-state index is 12.6. The van der Waals surface area contributed by atoms with Crippen LogP contribution in [0.2, 0.25) is 0 Å². The van der Waals surface area contributed by atoms with Crippen molar-refractivity contribution in [2.75, 3.05) is 13.1 Å². The van der Waals surface area contributed by atoms with E-state index < -0.39 is 0 Å². The van der Waals surface area contributed by atoms with E-state index >= 15 is 0 Å². The van der Waals surface area contributed by atoms with E-state index in [1.54, 1.807) is 0 Å². The van der Waals surface area contributed by atoms with Crippen molar-refractivity contribution in [3.05, 3.63) is 71.6 Å². The van der Waals surface area contributed by atoms with Crippen molar-refractivity contribution in [2.24, 2.45) is 0 Å². The van der Waals surface area contributed by atoms with Crippen LogP contribution in [0.5, 0.6) is 0 Å². The molecule has 2 aromatic carbocycles. The average Bonchev–Trinajstić information content (AvgIpc) is 3.41. The molecular formula is C24H24N4O3. The first-order valence-electron chi connectivity index (χ1n) is 10.6. The summed E-state index contributed by atoms with van der Waals surface area (Å²) in [6, 6.07) is 18.3. The summed E-state index contributed by atoms with van der Waals surface area (Å²) in [6.45, 7) is 4.76. The van der Waals surface area contributed by atoms with Crippen LogP contribution in [0.15, 0.2) is 63.5 Å². The third-order valence-electron chi connectivity index (χ3n) is 5.84. The smallest absolute Gasteiger partial charge is 0.316 e. The molecule has 7 heteroatoms. The van der Waals surface area contributed by atoms with Crippen molar-refractivity contribution < 1.29 is 13.7 Å². The topological polar surface area (TPSA) is 84.4 Å². The number of para-hydroxylation sites is 1. The van der Waals surface area contributed by atoms with Crippen molar-refractivity contribution in [3.63, 3.8) is 0 Å². The largest absolute Gasteiger partial charge is 0.452 e. The number of carbonyl (C=O) groups is 1. The fourth-order valence-corrected chi connectivity index (χ4v) is 4.12. The van der Waals surface area contributed by atoms with Crippen LogP contribution in [-0.4, -0.2) is 40.1 Å². The first kappa shape index (κ1) is 19.5. The number of aryl methyl sites for hydroxylation is 1. The molecule has 5 rings (SSSR count). The maximum Gasteiger partial charge on any atom is 0.316 e. The van der Waals surface area contributed by atoms with Gasteiger partial charge in [-0.2, -0.15) is 4.98 Å². The molecule has 2 aromatic heterocycles.